The van der Waals surface area contributed by atoms with Gasteiger partial charge in [0.05, 0.1) is 5.56 Å². The van der Waals surface area contributed by atoms with Crippen molar-refractivity contribution in [2.24, 2.45) is 5.92 Å². The maximum atomic E-state index is 13.0. The number of aromatic amines is 1. The van der Waals surface area contributed by atoms with Crippen molar-refractivity contribution in [3.8, 4) is 0 Å². The highest BCUT2D eigenvalue weighted by atomic mass is 19.4. The van der Waals surface area contributed by atoms with Crippen LogP contribution in [0.5, 0.6) is 0 Å². The summed E-state index contributed by atoms with van der Waals surface area (Å²) in [7, 11) is 0. The molecular weight excluding hydrogens is 423 g/mol. The third kappa shape index (κ3) is 4.37. The van der Waals surface area contributed by atoms with Crippen LogP contribution in [0.4, 0.5) is 18.9 Å². The van der Waals surface area contributed by atoms with E-state index in [1.54, 1.807) is 11.0 Å². The van der Waals surface area contributed by atoms with Gasteiger partial charge in [-0.1, -0.05) is 36.4 Å². The normalized spacial score (nSPS) is 15.0. The molecule has 0 atom stereocenters. The molecule has 6 nitrogen and oxygen atoms in total. The molecule has 1 saturated heterocycles. The number of anilines is 1. The zero-order valence-electron chi connectivity index (χ0n) is 16.9. The van der Waals surface area contributed by atoms with Gasteiger partial charge in [0.25, 0.3) is 11.5 Å². The first kappa shape index (κ1) is 21.6. The fraction of sp³-hybridized carbons (Fsp3) is 0.261. The van der Waals surface area contributed by atoms with Gasteiger partial charge < -0.3 is 15.2 Å². The number of rotatable bonds is 3. The number of hydrogen-bond donors (Lipinski definition) is 2. The summed E-state index contributed by atoms with van der Waals surface area (Å²) >= 11 is 0. The highest BCUT2D eigenvalue weighted by Gasteiger charge is 2.32. The number of H-pyrrole nitrogens is 1. The average molecular weight is 443 g/mol. The average Bonchev–Trinajstić information content (AvgIpc) is 2.79. The molecule has 2 N–H and O–H groups in total. The SMILES string of the molecule is O=C(Nc1cc(C(F)(F)F)c[nH]c1=O)C1CCN(C(=O)c2cccc3ccccc23)CC1. The zero-order valence-corrected chi connectivity index (χ0v) is 16.9. The predicted octanol–water partition coefficient (Wildman–Crippen LogP) is 4.04. The van der Waals surface area contributed by atoms with Crippen LogP contribution in [-0.4, -0.2) is 34.8 Å². The number of halogens is 3. The molecule has 1 aliphatic heterocycles. The van der Waals surface area contributed by atoms with Crippen molar-refractivity contribution in [3.63, 3.8) is 0 Å². The van der Waals surface area contributed by atoms with E-state index < -0.39 is 34.8 Å². The highest BCUT2D eigenvalue weighted by Crippen LogP contribution is 2.29. The first-order valence-corrected chi connectivity index (χ1v) is 10.1. The largest absolute Gasteiger partial charge is 0.417 e. The number of pyridine rings is 1. The van der Waals surface area contributed by atoms with E-state index in [9.17, 15) is 27.6 Å². The van der Waals surface area contributed by atoms with Gasteiger partial charge in [0.1, 0.15) is 5.69 Å². The van der Waals surface area contributed by atoms with Gasteiger partial charge in [0.15, 0.2) is 0 Å². The molecule has 0 saturated carbocycles. The number of alkyl halides is 3. The van der Waals surface area contributed by atoms with Crippen molar-refractivity contribution >= 4 is 28.3 Å². The lowest BCUT2D eigenvalue weighted by molar-refractivity contribution is -0.137. The number of nitrogens with one attached hydrogen (secondary N) is 2. The van der Waals surface area contributed by atoms with Crippen molar-refractivity contribution in [1.29, 1.82) is 0 Å². The van der Waals surface area contributed by atoms with Crippen LogP contribution in [0.15, 0.2) is 59.5 Å². The van der Waals surface area contributed by atoms with E-state index in [0.717, 1.165) is 10.8 Å². The van der Waals surface area contributed by atoms with Gasteiger partial charge in [-0.05, 0) is 35.7 Å². The number of carbonyl (C=O) groups is 2. The molecule has 0 radical (unpaired) electrons. The number of likely N-dealkylation sites (tertiary alicyclic amines) is 1. The Kier molecular flexibility index (Phi) is 5.73. The molecule has 4 rings (SSSR count). The highest BCUT2D eigenvalue weighted by molar-refractivity contribution is 6.07. The second-order valence-electron chi connectivity index (χ2n) is 7.71. The minimum Gasteiger partial charge on any atom is -0.339 e. The van der Waals surface area contributed by atoms with Crippen molar-refractivity contribution in [1.82, 2.24) is 9.88 Å². The molecular formula is C23H20F3N3O3. The fourth-order valence-corrected chi connectivity index (χ4v) is 3.90. The topological polar surface area (TPSA) is 82.3 Å². The van der Waals surface area contributed by atoms with Gasteiger partial charge in [0.2, 0.25) is 5.91 Å². The van der Waals surface area contributed by atoms with Crippen LogP contribution in [0.2, 0.25) is 0 Å². The Labute approximate surface area is 181 Å². The van der Waals surface area contributed by atoms with E-state index in [4.69, 9.17) is 0 Å². The third-order valence-electron chi connectivity index (χ3n) is 5.66. The number of fused-ring (bicyclic) bond motifs is 1. The Hall–Kier alpha value is -3.62. The van der Waals surface area contributed by atoms with E-state index in [1.807, 2.05) is 41.4 Å². The van der Waals surface area contributed by atoms with Gasteiger partial charge in [-0.2, -0.15) is 13.2 Å². The molecule has 2 aromatic carbocycles. The minimum atomic E-state index is -4.64. The lowest BCUT2D eigenvalue weighted by Gasteiger charge is -2.31. The van der Waals surface area contributed by atoms with Crippen molar-refractivity contribution in [2.75, 3.05) is 18.4 Å². The molecule has 3 aromatic rings. The van der Waals surface area contributed by atoms with Gasteiger partial charge in [-0.25, -0.2) is 0 Å². The van der Waals surface area contributed by atoms with Gasteiger partial charge in [-0.3, -0.25) is 14.4 Å². The molecule has 166 valence electrons. The lowest BCUT2D eigenvalue weighted by Crippen LogP contribution is -2.41. The van der Waals surface area contributed by atoms with E-state index in [1.165, 1.54) is 0 Å². The summed E-state index contributed by atoms with van der Waals surface area (Å²) in [5, 5.41) is 4.11. The number of piperidine rings is 1. The molecule has 1 aromatic heterocycles. The summed E-state index contributed by atoms with van der Waals surface area (Å²) in [5.74, 6) is -1.18. The molecule has 0 spiro atoms. The first-order chi connectivity index (χ1) is 15.2. The Morgan fingerprint density at radius 1 is 1.03 bits per heavy atom. The number of nitrogens with zero attached hydrogens (tertiary/aromatic N) is 1. The summed E-state index contributed by atoms with van der Waals surface area (Å²) in [5.41, 5.74) is -1.72. The van der Waals surface area contributed by atoms with E-state index in [-0.39, 0.29) is 5.91 Å². The Morgan fingerprint density at radius 2 is 1.72 bits per heavy atom. The zero-order chi connectivity index (χ0) is 22.9. The summed E-state index contributed by atoms with van der Waals surface area (Å²) < 4.78 is 38.6. The third-order valence-corrected chi connectivity index (χ3v) is 5.66. The second kappa shape index (κ2) is 8.49. The van der Waals surface area contributed by atoms with Crippen molar-refractivity contribution in [2.45, 2.75) is 19.0 Å². The molecule has 9 heteroatoms. The monoisotopic (exact) mass is 443 g/mol. The summed E-state index contributed by atoms with van der Waals surface area (Å²) in [6.07, 6.45) is -3.38. The van der Waals surface area contributed by atoms with Gasteiger partial charge >= 0.3 is 6.18 Å². The van der Waals surface area contributed by atoms with E-state index in [2.05, 4.69) is 5.32 Å². The molecule has 1 aliphatic rings. The van der Waals surface area contributed by atoms with E-state index in [0.29, 0.717) is 43.8 Å². The molecule has 2 amide bonds. The number of carbonyl (C=O) groups excluding carboxylic acids is 2. The quantitative estimate of drug-likeness (QED) is 0.641. The number of aromatic nitrogens is 1. The standard InChI is InChI=1S/C23H20F3N3O3/c24-23(25,26)16-12-19(21(31)27-13-16)28-20(30)15-8-10-29(11-9-15)22(32)18-7-3-5-14-4-1-2-6-17(14)18/h1-7,12-13,15H,8-11H2,(H,27,31)(H,28,30). The van der Waals surface area contributed by atoms with Crippen LogP contribution in [-0.2, 0) is 11.0 Å². The second-order valence-corrected chi connectivity index (χ2v) is 7.71. The fourth-order valence-electron chi connectivity index (χ4n) is 3.90. The molecule has 32 heavy (non-hydrogen) atoms. The summed E-state index contributed by atoms with van der Waals surface area (Å²) in [4.78, 5) is 41.1. The predicted molar refractivity (Wildman–Crippen MR) is 113 cm³/mol. The number of benzene rings is 2. The smallest absolute Gasteiger partial charge is 0.339 e. The van der Waals surface area contributed by atoms with Gasteiger partial charge in [-0.15, -0.1) is 0 Å². The van der Waals surface area contributed by atoms with Crippen LogP contribution in [0.25, 0.3) is 10.8 Å². The lowest BCUT2D eigenvalue weighted by atomic mass is 9.94. The Bertz CT molecular complexity index is 1220. The van der Waals surface area contributed by atoms with Crippen LogP contribution in [0, 0.1) is 5.92 Å². The minimum absolute atomic E-state index is 0.130. The van der Waals surface area contributed by atoms with E-state index >= 15 is 0 Å². The van der Waals surface area contributed by atoms with Crippen LogP contribution in [0.1, 0.15) is 28.8 Å². The van der Waals surface area contributed by atoms with Crippen LogP contribution >= 0.6 is 0 Å². The Balaban J connectivity index is 1.42. The summed E-state index contributed by atoms with van der Waals surface area (Å²) in [6.45, 7) is 0.665. The Morgan fingerprint density at radius 3 is 2.44 bits per heavy atom. The number of amides is 2. The van der Waals surface area contributed by atoms with Crippen molar-refractivity contribution < 1.29 is 22.8 Å². The van der Waals surface area contributed by atoms with Crippen LogP contribution in [0.3, 0.4) is 0 Å². The maximum absolute atomic E-state index is 13.0. The molecule has 2 heterocycles. The van der Waals surface area contributed by atoms with Crippen molar-refractivity contribution in [3.05, 3.63) is 76.2 Å². The van der Waals surface area contributed by atoms with Crippen LogP contribution < -0.4 is 10.9 Å². The molecule has 0 aliphatic carbocycles. The summed E-state index contributed by atoms with van der Waals surface area (Å²) in [6, 6.07) is 13.7. The molecule has 1 fully saturated rings. The first-order valence-electron chi connectivity index (χ1n) is 10.1. The molecule has 0 bridgehead atoms. The molecule has 0 unspecified atom stereocenters. The maximum Gasteiger partial charge on any atom is 0.417 e. The number of hydrogen-bond acceptors (Lipinski definition) is 3. The van der Waals surface area contributed by atoms with Gasteiger partial charge in [0, 0.05) is 30.8 Å².